The van der Waals surface area contributed by atoms with Gasteiger partial charge < -0.3 is 9.47 Å². The highest BCUT2D eigenvalue weighted by molar-refractivity contribution is 5.00. The molecule has 0 amide bonds. The number of ether oxygens (including phenoxy) is 2. The van der Waals surface area contributed by atoms with Gasteiger partial charge in [0.05, 0.1) is 12.4 Å². The molecule has 0 fully saturated rings. The van der Waals surface area contributed by atoms with Crippen LogP contribution in [0, 0.1) is 0 Å². The molecule has 2 heteroatoms. The van der Waals surface area contributed by atoms with Crippen LogP contribution in [-0.4, -0.2) is 20.3 Å². The van der Waals surface area contributed by atoms with Crippen molar-refractivity contribution in [2.45, 2.75) is 27.2 Å². The first-order valence-corrected chi connectivity index (χ1v) is 5.08. The van der Waals surface area contributed by atoms with Crippen molar-refractivity contribution in [2.24, 2.45) is 0 Å². The van der Waals surface area contributed by atoms with E-state index in [1.807, 2.05) is 6.92 Å². The number of methoxy groups -OCH3 is 1. The van der Waals surface area contributed by atoms with Crippen LogP contribution in [0.5, 0.6) is 0 Å². The SMILES string of the molecule is C=C.COCCO/C(C)=C/CC=C(C)C. The highest BCUT2D eigenvalue weighted by atomic mass is 16.5. The lowest BCUT2D eigenvalue weighted by Gasteiger charge is -2.04. The smallest absolute Gasteiger partial charge is 0.111 e. The summed E-state index contributed by atoms with van der Waals surface area (Å²) in [6, 6.07) is 0. The second kappa shape index (κ2) is 13.0. The van der Waals surface area contributed by atoms with Gasteiger partial charge in [0.1, 0.15) is 6.61 Å². The molecule has 0 aromatic heterocycles. The minimum absolute atomic E-state index is 0.633. The average molecular weight is 212 g/mol. The van der Waals surface area contributed by atoms with E-state index < -0.39 is 0 Å². The minimum Gasteiger partial charge on any atom is -0.496 e. The molecule has 15 heavy (non-hydrogen) atoms. The number of hydrogen-bond acceptors (Lipinski definition) is 2. The monoisotopic (exact) mass is 212 g/mol. The van der Waals surface area contributed by atoms with E-state index in [9.17, 15) is 0 Å². The minimum atomic E-state index is 0.633. The van der Waals surface area contributed by atoms with Crippen molar-refractivity contribution < 1.29 is 9.47 Å². The van der Waals surface area contributed by atoms with Gasteiger partial charge >= 0.3 is 0 Å². The van der Waals surface area contributed by atoms with Crippen molar-refractivity contribution in [1.29, 1.82) is 0 Å². The summed E-state index contributed by atoms with van der Waals surface area (Å²) in [5.41, 5.74) is 1.33. The molecule has 0 aliphatic heterocycles. The first kappa shape index (κ1) is 16.4. The zero-order valence-corrected chi connectivity index (χ0v) is 10.5. The zero-order chi connectivity index (χ0) is 12.1. The summed E-state index contributed by atoms with van der Waals surface area (Å²) < 4.78 is 10.2. The lowest BCUT2D eigenvalue weighted by atomic mass is 10.2. The van der Waals surface area contributed by atoms with Gasteiger partial charge in [-0.3, -0.25) is 0 Å². The third-order valence-electron chi connectivity index (χ3n) is 1.55. The maximum absolute atomic E-state index is 5.37. The molecular formula is C13H24O2. The van der Waals surface area contributed by atoms with Gasteiger partial charge in [-0.05, 0) is 33.3 Å². The summed E-state index contributed by atoms with van der Waals surface area (Å²) in [5.74, 6) is 0.967. The summed E-state index contributed by atoms with van der Waals surface area (Å²) in [4.78, 5) is 0. The Morgan fingerprint density at radius 1 is 1.07 bits per heavy atom. The highest BCUT2D eigenvalue weighted by Gasteiger charge is 1.88. The van der Waals surface area contributed by atoms with Gasteiger partial charge in [0.15, 0.2) is 0 Å². The summed E-state index contributed by atoms with van der Waals surface area (Å²) >= 11 is 0. The molecular weight excluding hydrogens is 188 g/mol. The Labute approximate surface area is 94.3 Å². The molecule has 0 saturated carbocycles. The Bertz CT molecular complexity index is 189. The predicted molar refractivity (Wildman–Crippen MR) is 66.9 cm³/mol. The van der Waals surface area contributed by atoms with Crippen LogP contribution in [-0.2, 0) is 9.47 Å². The van der Waals surface area contributed by atoms with Crippen LogP contribution in [0.1, 0.15) is 27.2 Å². The van der Waals surface area contributed by atoms with E-state index >= 15 is 0 Å². The maximum Gasteiger partial charge on any atom is 0.111 e. The molecule has 0 aliphatic carbocycles. The van der Waals surface area contributed by atoms with Crippen molar-refractivity contribution in [3.8, 4) is 0 Å². The molecule has 0 aliphatic rings. The predicted octanol–water partition coefficient (Wildman–Crippen LogP) is 3.71. The number of hydrogen-bond donors (Lipinski definition) is 0. The Hall–Kier alpha value is -1.02. The van der Waals surface area contributed by atoms with E-state index in [4.69, 9.17) is 9.47 Å². The lowest BCUT2D eigenvalue weighted by molar-refractivity contribution is 0.110. The summed E-state index contributed by atoms with van der Waals surface area (Å²) in [6.45, 7) is 13.4. The number of allylic oxidation sites excluding steroid dienone is 4. The second-order valence-corrected chi connectivity index (χ2v) is 3.17. The molecule has 0 aromatic carbocycles. The molecule has 0 heterocycles. The van der Waals surface area contributed by atoms with Gasteiger partial charge in [-0.2, -0.15) is 0 Å². The largest absolute Gasteiger partial charge is 0.496 e. The van der Waals surface area contributed by atoms with Gasteiger partial charge in [0.2, 0.25) is 0 Å². The molecule has 0 radical (unpaired) electrons. The van der Waals surface area contributed by atoms with E-state index in [1.165, 1.54) is 5.57 Å². The maximum atomic E-state index is 5.37. The third-order valence-corrected chi connectivity index (χ3v) is 1.55. The van der Waals surface area contributed by atoms with Crippen LogP contribution >= 0.6 is 0 Å². The Balaban J connectivity index is 0. The summed E-state index contributed by atoms with van der Waals surface area (Å²) in [6.07, 6.45) is 5.19. The molecule has 0 aromatic rings. The van der Waals surface area contributed by atoms with Crippen LogP contribution in [0.15, 0.2) is 36.6 Å². The lowest BCUT2D eigenvalue weighted by Crippen LogP contribution is -1.99. The standard InChI is InChI=1S/C11H20O2.C2H4/c1-10(2)6-5-7-11(3)13-9-8-12-4;1-2/h6-7H,5,8-9H2,1-4H3;1-2H2/b11-7+;. The fourth-order valence-corrected chi connectivity index (χ4v) is 0.806. The molecule has 0 unspecified atom stereocenters. The molecule has 2 nitrogen and oxygen atoms in total. The van der Waals surface area contributed by atoms with Crippen LogP contribution in [0.25, 0.3) is 0 Å². The normalized spacial score (nSPS) is 10.0. The number of rotatable bonds is 6. The van der Waals surface area contributed by atoms with Gasteiger partial charge in [-0.1, -0.05) is 11.6 Å². The Kier molecular flexibility index (Phi) is 14.2. The quantitative estimate of drug-likeness (QED) is 0.379. The van der Waals surface area contributed by atoms with E-state index in [1.54, 1.807) is 7.11 Å². The highest BCUT2D eigenvalue weighted by Crippen LogP contribution is 2.00. The van der Waals surface area contributed by atoms with Crippen LogP contribution < -0.4 is 0 Å². The van der Waals surface area contributed by atoms with Gasteiger partial charge in [0.25, 0.3) is 0 Å². The van der Waals surface area contributed by atoms with Crippen LogP contribution in [0.2, 0.25) is 0 Å². The third kappa shape index (κ3) is 15.7. The first-order chi connectivity index (χ1) is 7.16. The van der Waals surface area contributed by atoms with E-state index in [2.05, 4.69) is 39.2 Å². The molecule has 0 atom stereocenters. The molecule has 0 bridgehead atoms. The molecule has 0 saturated heterocycles. The first-order valence-electron chi connectivity index (χ1n) is 5.08. The second-order valence-electron chi connectivity index (χ2n) is 3.17. The van der Waals surface area contributed by atoms with E-state index in [0.717, 1.165) is 12.2 Å². The van der Waals surface area contributed by atoms with E-state index in [0.29, 0.717) is 13.2 Å². The fourth-order valence-electron chi connectivity index (χ4n) is 0.806. The molecule has 0 spiro atoms. The Morgan fingerprint density at radius 3 is 2.13 bits per heavy atom. The van der Waals surface area contributed by atoms with Crippen molar-refractivity contribution in [3.05, 3.63) is 36.6 Å². The fraction of sp³-hybridized carbons (Fsp3) is 0.538. The Morgan fingerprint density at radius 2 is 1.67 bits per heavy atom. The van der Waals surface area contributed by atoms with Crippen LogP contribution in [0.3, 0.4) is 0 Å². The average Bonchev–Trinajstić information content (AvgIpc) is 2.21. The van der Waals surface area contributed by atoms with E-state index in [-0.39, 0.29) is 0 Å². The molecule has 88 valence electrons. The zero-order valence-electron chi connectivity index (χ0n) is 10.5. The van der Waals surface area contributed by atoms with Crippen molar-refractivity contribution in [2.75, 3.05) is 20.3 Å². The summed E-state index contributed by atoms with van der Waals surface area (Å²) in [7, 11) is 1.67. The van der Waals surface area contributed by atoms with Crippen molar-refractivity contribution in [1.82, 2.24) is 0 Å². The van der Waals surface area contributed by atoms with Gasteiger partial charge in [-0.25, -0.2) is 0 Å². The molecule has 0 rings (SSSR count). The summed E-state index contributed by atoms with van der Waals surface area (Å²) in [5, 5.41) is 0. The topological polar surface area (TPSA) is 18.5 Å². The van der Waals surface area contributed by atoms with Gasteiger partial charge in [-0.15, -0.1) is 13.2 Å². The molecule has 0 N–H and O–H groups in total. The van der Waals surface area contributed by atoms with Crippen molar-refractivity contribution in [3.63, 3.8) is 0 Å². The van der Waals surface area contributed by atoms with Gasteiger partial charge in [0, 0.05) is 7.11 Å². The van der Waals surface area contributed by atoms with Crippen LogP contribution in [0.4, 0.5) is 0 Å². The van der Waals surface area contributed by atoms with Crippen molar-refractivity contribution >= 4 is 0 Å².